The molecule has 19 heavy (non-hydrogen) atoms. The van der Waals surface area contributed by atoms with Crippen LogP contribution in [0.5, 0.6) is 0 Å². The summed E-state index contributed by atoms with van der Waals surface area (Å²) in [5.74, 6) is -1.84. The third kappa shape index (κ3) is 3.00. The Labute approximate surface area is 110 Å². The molecule has 0 saturated heterocycles. The number of halogens is 2. The van der Waals surface area contributed by atoms with E-state index in [9.17, 15) is 18.9 Å². The van der Waals surface area contributed by atoms with E-state index in [0.717, 1.165) is 37.8 Å². The molecule has 1 saturated carbocycles. The molecule has 0 aromatic heterocycles. The Morgan fingerprint density at radius 2 is 1.95 bits per heavy atom. The minimum absolute atomic E-state index is 0.148. The Kier molecular flexibility index (Phi) is 3.68. The fourth-order valence-corrected chi connectivity index (χ4v) is 2.33. The first-order valence-electron chi connectivity index (χ1n) is 6.35. The van der Waals surface area contributed by atoms with Crippen LogP contribution in [-0.4, -0.2) is 11.5 Å². The smallest absolute Gasteiger partial charge is 0.275 e. The second kappa shape index (κ2) is 5.11. The summed E-state index contributed by atoms with van der Waals surface area (Å²) in [5.41, 5.74) is -0.696. The molecule has 6 heteroatoms. The molecule has 1 aliphatic rings. The van der Waals surface area contributed by atoms with Crippen LogP contribution < -0.4 is 5.32 Å². The van der Waals surface area contributed by atoms with Crippen LogP contribution in [0, 0.1) is 27.2 Å². The first kappa shape index (κ1) is 13.7. The van der Waals surface area contributed by atoms with E-state index in [1.54, 1.807) is 0 Å². The number of anilines is 1. The zero-order chi connectivity index (χ0) is 14.0. The molecule has 1 aromatic rings. The van der Waals surface area contributed by atoms with Gasteiger partial charge in [0, 0.05) is 6.54 Å². The Morgan fingerprint density at radius 1 is 1.37 bits per heavy atom. The number of nitro benzene ring substituents is 1. The topological polar surface area (TPSA) is 55.2 Å². The van der Waals surface area contributed by atoms with E-state index < -0.39 is 22.2 Å². The van der Waals surface area contributed by atoms with Crippen LogP contribution >= 0.6 is 0 Å². The van der Waals surface area contributed by atoms with Crippen molar-refractivity contribution >= 4 is 11.4 Å². The molecule has 2 rings (SSSR count). The summed E-state index contributed by atoms with van der Waals surface area (Å²) < 4.78 is 27.3. The lowest BCUT2D eigenvalue weighted by molar-refractivity contribution is -0.385. The lowest BCUT2D eigenvalue weighted by atomic mass is 10.0. The number of non-ortho nitro benzene ring substituents is 1. The normalized spacial score (nSPS) is 16.2. The number of rotatable bonds is 6. The monoisotopic (exact) mass is 270 g/mol. The van der Waals surface area contributed by atoms with Gasteiger partial charge in [0.1, 0.15) is 5.69 Å². The number of hydrogen-bond donors (Lipinski definition) is 1. The maximum Gasteiger partial charge on any atom is 0.275 e. The highest BCUT2D eigenvalue weighted by Gasteiger charge is 2.41. The van der Waals surface area contributed by atoms with Crippen molar-refractivity contribution in [3.63, 3.8) is 0 Å². The van der Waals surface area contributed by atoms with E-state index in [0.29, 0.717) is 6.54 Å². The van der Waals surface area contributed by atoms with Crippen molar-refractivity contribution in [1.29, 1.82) is 0 Å². The highest BCUT2D eigenvalue weighted by Crippen LogP contribution is 2.49. The van der Waals surface area contributed by atoms with E-state index in [1.807, 2.05) is 0 Å². The summed E-state index contributed by atoms with van der Waals surface area (Å²) in [7, 11) is 0. The summed E-state index contributed by atoms with van der Waals surface area (Å²) in [6, 6.07) is 1.48. The van der Waals surface area contributed by atoms with E-state index in [1.165, 1.54) is 0 Å². The summed E-state index contributed by atoms with van der Waals surface area (Å²) in [5, 5.41) is 13.2. The van der Waals surface area contributed by atoms with Gasteiger partial charge in [-0.2, -0.15) is 0 Å². The van der Waals surface area contributed by atoms with Crippen molar-refractivity contribution in [2.75, 3.05) is 11.9 Å². The van der Waals surface area contributed by atoms with Crippen LogP contribution in [0.4, 0.5) is 20.2 Å². The Bertz CT molecular complexity index is 478. The fraction of sp³-hybridized carbons (Fsp3) is 0.538. The molecular formula is C13H16F2N2O2. The van der Waals surface area contributed by atoms with Crippen LogP contribution in [0.3, 0.4) is 0 Å². The van der Waals surface area contributed by atoms with Crippen molar-refractivity contribution < 1.29 is 13.7 Å². The van der Waals surface area contributed by atoms with E-state index in [-0.39, 0.29) is 11.1 Å². The van der Waals surface area contributed by atoms with Gasteiger partial charge in [-0.1, -0.05) is 13.3 Å². The molecule has 0 heterocycles. The van der Waals surface area contributed by atoms with Crippen molar-refractivity contribution in [3.8, 4) is 0 Å². The number of nitro groups is 1. The maximum absolute atomic E-state index is 13.6. The molecule has 0 aliphatic heterocycles. The van der Waals surface area contributed by atoms with Crippen LogP contribution in [0.2, 0.25) is 0 Å². The largest absolute Gasteiger partial charge is 0.380 e. The molecule has 1 fully saturated rings. The molecule has 1 N–H and O–H groups in total. The fourth-order valence-electron chi connectivity index (χ4n) is 2.33. The predicted molar refractivity (Wildman–Crippen MR) is 68.1 cm³/mol. The molecule has 0 bridgehead atoms. The van der Waals surface area contributed by atoms with Gasteiger partial charge in [-0.05, 0) is 24.7 Å². The zero-order valence-corrected chi connectivity index (χ0v) is 10.7. The van der Waals surface area contributed by atoms with Gasteiger partial charge >= 0.3 is 0 Å². The molecule has 1 aromatic carbocycles. The molecule has 0 radical (unpaired) electrons. The molecule has 0 spiro atoms. The van der Waals surface area contributed by atoms with Crippen molar-refractivity contribution in [3.05, 3.63) is 33.9 Å². The van der Waals surface area contributed by atoms with Crippen LogP contribution in [0.25, 0.3) is 0 Å². The van der Waals surface area contributed by atoms with Crippen LogP contribution in [0.15, 0.2) is 12.1 Å². The maximum atomic E-state index is 13.6. The Balaban J connectivity index is 2.11. The van der Waals surface area contributed by atoms with Gasteiger partial charge in [-0.3, -0.25) is 10.1 Å². The summed E-state index contributed by atoms with van der Waals surface area (Å²) in [4.78, 5) is 9.67. The number of nitrogens with one attached hydrogen (secondary N) is 1. The minimum Gasteiger partial charge on any atom is -0.380 e. The average Bonchev–Trinajstić information content (AvgIpc) is 3.08. The average molecular weight is 270 g/mol. The molecule has 0 unspecified atom stereocenters. The molecular weight excluding hydrogens is 254 g/mol. The number of nitrogens with zero attached hydrogens (tertiary/aromatic N) is 1. The number of benzene rings is 1. The highest BCUT2D eigenvalue weighted by atomic mass is 19.1. The van der Waals surface area contributed by atoms with Gasteiger partial charge in [0.15, 0.2) is 11.6 Å². The molecule has 4 nitrogen and oxygen atoms in total. The van der Waals surface area contributed by atoms with Gasteiger partial charge in [0.2, 0.25) is 0 Å². The van der Waals surface area contributed by atoms with Gasteiger partial charge < -0.3 is 5.32 Å². The lowest BCUT2D eigenvalue weighted by Gasteiger charge is -2.16. The van der Waals surface area contributed by atoms with Crippen LogP contribution in [0.1, 0.15) is 32.6 Å². The predicted octanol–water partition coefficient (Wildman–Crippen LogP) is 3.87. The first-order chi connectivity index (χ1) is 8.97. The van der Waals surface area contributed by atoms with Crippen LogP contribution in [-0.2, 0) is 0 Å². The summed E-state index contributed by atoms with van der Waals surface area (Å²) in [6.45, 7) is 2.58. The van der Waals surface area contributed by atoms with E-state index >= 15 is 0 Å². The van der Waals surface area contributed by atoms with Gasteiger partial charge in [-0.25, -0.2) is 8.78 Å². The standard InChI is InChI=1S/C13H16F2N2O2/c1-2-3-13(4-5-13)8-16-12-10(14)6-9(17(18)19)7-11(12)15/h6-7,16H,2-5,8H2,1H3. The Hall–Kier alpha value is -1.72. The zero-order valence-electron chi connectivity index (χ0n) is 10.7. The minimum atomic E-state index is -0.918. The second-order valence-electron chi connectivity index (χ2n) is 5.15. The third-order valence-electron chi connectivity index (χ3n) is 3.62. The van der Waals surface area contributed by atoms with Crippen molar-refractivity contribution in [2.45, 2.75) is 32.6 Å². The SMILES string of the molecule is CCCC1(CNc2c(F)cc([N+](=O)[O-])cc2F)CC1. The van der Waals surface area contributed by atoms with E-state index in [2.05, 4.69) is 12.2 Å². The molecule has 104 valence electrons. The molecule has 0 amide bonds. The van der Waals surface area contributed by atoms with Gasteiger partial charge in [0.05, 0.1) is 17.1 Å². The highest BCUT2D eigenvalue weighted by molar-refractivity contribution is 5.51. The number of hydrogen-bond acceptors (Lipinski definition) is 3. The molecule has 0 atom stereocenters. The van der Waals surface area contributed by atoms with E-state index in [4.69, 9.17) is 0 Å². The van der Waals surface area contributed by atoms with Crippen molar-refractivity contribution in [2.24, 2.45) is 5.41 Å². The summed E-state index contributed by atoms with van der Waals surface area (Å²) in [6.07, 6.45) is 4.18. The van der Waals surface area contributed by atoms with Crippen molar-refractivity contribution in [1.82, 2.24) is 0 Å². The van der Waals surface area contributed by atoms with Gasteiger partial charge in [0.25, 0.3) is 5.69 Å². The lowest BCUT2D eigenvalue weighted by Crippen LogP contribution is -2.17. The quantitative estimate of drug-likeness (QED) is 0.630. The van der Waals surface area contributed by atoms with Gasteiger partial charge in [-0.15, -0.1) is 0 Å². The molecule has 1 aliphatic carbocycles. The summed E-state index contributed by atoms with van der Waals surface area (Å²) >= 11 is 0. The Morgan fingerprint density at radius 3 is 2.37 bits per heavy atom. The first-order valence-corrected chi connectivity index (χ1v) is 6.35. The second-order valence-corrected chi connectivity index (χ2v) is 5.15. The third-order valence-corrected chi connectivity index (χ3v) is 3.62.